The van der Waals surface area contributed by atoms with Crippen molar-refractivity contribution in [3.05, 3.63) is 94.6 Å². The Morgan fingerprint density at radius 3 is 2.36 bits per heavy atom. The quantitative estimate of drug-likeness (QED) is 0.262. The van der Waals surface area contributed by atoms with Crippen molar-refractivity contribution in [1.82, 2.24) is 14.9 Å². The molecule has 4 aromatic rings. The molecule has 0 radical (unpaired) electrons. The molecule has 0 saturated heterocycles. The molecule has 3 aromatic carbocycles. The number of carboxylic acid groups (broad SMARTS) is 1. The summed E-state index contributed by atoms with van der Waals surface area (Å²) in [6.07, 6.45) is 1.91. The molecule has 0 bridgehead atoms. The lowest BCUT2D eigenvalue weighted by atomic mass is 10.0. The van der Waals surface area contributed by atoms with Crippen LogP contribution in [0.25, 0.3) is 22.3 Å². The highest BCUT2D eigenvalue weighted by molar-refractivity contribution is 6.30. The lowest BCUT2D eigenvalue weighted by Gasteiger charge is -2.25. The Morgan fingerprint density at radius 2 is 1.67 bits per heavy atom. The van der Waals surface area contributed by atoms with Gasteiger partial charge in [-0.2, -0.15) is 0 Å². The number of rotatable bonds is 9. The van der Waals surface area contributed by atoms with Crippen LogP contribution in [0.4, 0.5) is 0 Å². The van der Waals surface area contributed by atoms with E-state index in [1.54, 1.807) is 24.1 Å². The van der Waals surface area contributed by atoms with Gasteiger partial charge in [0.15, 0.2) is 0 Å². The Hall–Kier alpha value is -3.77. The molecule has 1 amide bonds. The average Bonchev–Trinajstić information content (AvgIpc) is 2.90. The first kappa shape index (κ1) is 25.3. The maximum Gasteiger partial charge on any atom is 0.303 e. The van der Waals surface area contributed by atoms with E-state index in [9.17, 15) is 9.59 Å². The summed E-state index contributed by atoms with van der Waals surface area (Å²) in [6.45, 7) is 2.00. The fraction of sp³-hybridized carbons (Fsp3) is 0.241. The summed E-state index contributed by atoms with van der Waals surface area (Å²) in [5, 5.41) is 9.61. The number of benzene rings is 3. The number of unbranched alkanes of at least 4 members (excludes halogenated alkanes) is 1. The van der Waals surface area contributed by atoms with Crippen molar-refractivity contribution in [2.45, 2.75) is 38.6 Å². The minimum Gasteiger partial charge on any atom is -0.481 e. The summed E-state index contributed by atoms with van der Waals surface area (Å²) in [6, 6.07) is 22.6. The van der Waals surface area contributed by atoms with Gasteiger partial charge >= 0.3 is 5.97 Å². The monoisotopic (exact) mass is 501 g/mol. The summed E-state index contributed by atoms with van der Waals surface area (Å²) in [5.41, 5.74) is 5.31. The highest BCUT2D eigenvalue weighted by Crippen LogP contribution is 2.27. The van der Waals surface area contributed by atoms with Crippen LogP contribution in [0.1, 0.15) is 53.8 Å². The maximum absolute atomic E-state index is 13.3. The molecule has 0 spiro atoms. The van der Waals surface area contributed by atoms with Crippen LogP contribution in [-0.2, 0) is 11.2 Å². The number of aliphatic carboxylic acids is 1. The van der Waals surface area contributed by atoms with Gasteiger partial charge in [-0.15, -0.1) is 0 Å². The zero-order chi connectivity index (χ0) is 25.7. The number of nitrogens with zero attached hydrogens (tertiary/aromatic N) is 3. The second-order valence-electron chi connectivity index (χ2n) is 8.83. The Morgan fingerprint density at radius 1 is 0.944 bits per heavy atom. The van der Waals surface area contributed by atoms with Crippen LogP contribution in [0.5, 0.6) is 0 Å². The Balaban J connectivity index is 1.66. The van der Waals surface area contributed by atoms with Crippen LogP contribution in [0.2, 0.25) is 5.02 Å². The molecule has 0 fully saturated rings. The fourth-order valence-corrected chi connectivity index (χ4v) is 4.27. The molecule has 0 aliphatic heterocycles. The normalized spacial score (nSPS) is 11.9. The van der Waals surface area contributed by atoms with Gasteiger partial charge in [-0.1, -0.05) is 54.1 Å². The van der Waals surface area contributed by atoms with E-state index in [4.69, 9.17) is 26.7 Å². The molecule has 1 atom stereocenters. The molecule has 0 saturated carbocycles. The maximum atomic E-state index is 13.3. The van der Waals surface area contributed by atoms with E-state index in [-0.39, 0.29) is 18.4 Å². The largest absolute Gasteiger partial charge is 0.481 e. The molecule has 184 valence electrons. The number of hydrogen-bond acceptors (Lipinski definition) is 4. The zero-order valence-corrected chi connectivity index (χ0v) is 21.1. The van der Waals surface area contributed by atoms with Gasteiger partial charge in [-0.05, 0) is 62.1 Å². The molecule has 0 aliphatic carbocycles. The molecule has 36 heavy (non-hydrogen) atoms. The van der Waals surface area contributed by atoms with Gasteiger partial charge in [0.25, 0.3) is 5.91 Å². The third-order valence-corrected chi connectivity index (χ3v) is 6.59. The van der Waals surface area contributed by atoms with E-state index in [2.05, 4.69) is 0 Å². The predicted octanol–water partition coefficient (Wildman–Crippen LogP) is 6.58. The first-order valence-corrected chi connectivity index (χ1v) is 12.3. The third kappa shape index (κ3) is 5.89. The molecule has 0 aliphatic rings. The Bertz CT molecular complexity index is 1370. The number of aromatic nitrogens is 2. The third-order valence-electron chi connectivity index (χ3n) is 6.34. The molecule has 1 heterocycles. The van der Waals surface area contributed by atoms with E-state index >= 15 is 0 Å². The highest BCUT2D eigenvalue weighted by atomic mass is 35.5. The van der Waals surface area contributed by atoms with Crippen molar-refractivity contribution < 1.29 is 14.7 Å². The molecular formula is C29H28ClN3O3. The number of halogens is 1. The fourth-order valence-electron chi connectivity index (χ4n) is 4.14. The molecule has 1 aromatic heterocycles. The minimum atomic E-state index is -0.811. The highest BCUT2D eigenvalue weighted by Gasteiger charge is 2.20. The van der Waals surface area contributed by atoms with Gasteiger partial charge in [-0.3, -0.25) is 9.59 Å². The summed E-state index contributed by atoms with van der Waals surface area (Å²) in [4.78, 5) is 35.7. The minimum absolute atomic E-state index is 0.0856. The van der Waals surface area contributed by atoms with E-state index in [1.165, 1.54) is 0 Å². The number of carboxylic acids is 1. The number of fused-ring (bicyclic) bond motifs is 1. The van der Waals surface area contributed by atoms with E-state index in [0.29, 0.717) is 40.9 Å². The lowest BCUT2D eigenvalue weighted by Crippen LogP contribution is -2.29. The first-order chi connectivity index (χ1) is 17.3. The van der Waals surface area contributed by atoms with E-state index in [0.717, 1.165) is 22.5 Å². The van der Waals surface area contributed by atoms with Gasteiger partial charge in [0.2, 0.25) is 0 Å². The first-order valence-electron chi connectivity index (χ1n) is 11.9. The predicted molar refractivity (Wildman–Crippen MR) is 142 cm³/mol. The van der Waals surface area contributed by atoms with Crippen molar-refractivity contribution in [3.8, 4) is 11.3 Å². The van der Waals surface area contributed by atoms with Gasteiger partial charge in [0, 0.05) is 29.6 Å². The van der Waals surface area contributed by atoms with Gasteiger partial charge < -0.3 is 10.0 Å². The zero-order valence-electron chi connectivity index (χ0n) is 20.3. The number of aryl methyl sites for hydroxylation is 1. The van der Waals surface area contributed by atoms with Crippen molar-refractivity contribution in [2.24, 2.45) is 0 Å². The van der Waals surface area contributed by atoms with Crippen LogP contribution in [0.3, 0.4) is 0 Å². The molecular weight excluding hydrogens is 474 g/mol. The smallest absolute Gasteiger partial charge is 0.303 e. The summed E-state index contributed by atoms with van der Waals surface area (Å²) >= 11 is 6.07. The number of amides is 1. The van der Waals surface area contributed by atoms with Gasteiger partial charge in [0.1, 0.15) is 0 Å². The standard InChI is InChI=1S/C29H28ClN3O3/c1-19(20-8-4-3-5-9-20)33(2)29(36)22-14-17-24-26(18-22)31-25(10-6-7-11-27(34)35)28(32-24)21-12-15-23(30)16-13-21/h3-5,8-9,12-19H,6-7,10-11H2,1-2H3,(H,34,35). The van der Waals surface area contributed by atoms with Crippen molar-refractivity contribution >= 4 is 34.5 Å². The summed E-state index contributed by atoms with van der Waals surface area (Å²) in [5.74, 6) is -0.908. The average molecular weight is 502 g/mol. The molecule has 7 heteroatoms. The van der Waals surface area contributed by atoms with Crippen LogP contribution < -0.4 is 0 Å². The van der Waals surface area contributed by atoms with Crippen LogP contribution in [-0.4, -0.2) is 38.9 Å². The van der Waals surface area contributed by atoms with E-state index < -0.39 is 5.97 Å². The topological polar surface area (TPSA) is 83.4 Å². The molecule has 4 rings (SSSR count). The van der Waals surface area contributed by atoms with Gasteiger partial charge in [-0.25, -0.2) is 9.97 Å². The van der Waals surface area contributed by atoms with Crippen LogP contribution in [0, 0.1) is 0 Å². The number of carbonyl (C=O) groups is 2. The molecule has 1 N–H and O–H groups in total. The molecule has 1 unspecified atom stereocenters. The molecule has 6 nitrogen and oxygen atoms in total. The van der Waals surface area contributed by atoms with Crippen LogP contribution in [0.15, 0.2) is 72.8 Å². The van der Waals surface area contributed by atoms with E-state index in [1.807, 2.05) is 67.6 Å². The lowest BCUT2D eigenvalue weighted by molar-refractivity contribution is -0.137. The Kier molecular flexibility index (Phi) is 7.96. The van der Waals surface area contributed by atoms with Crippen molar-refractivity contribution in [3.63, 3.8) is 0 Å². The number of hydrogen-bond donors (Lipinski definition) is 1. The Labute approximate surface area is 215 Å². The van der Waals surface area contributed by atoms with Crippen molar-refractivity contribution in [2.75, 3.05) is 7.05 Å². The SMILES string of the molecule is CC(c1ccccc1)N(C)C(=O)c1ccc2nc(-c3ccc(Cl)cc3)c(CCCCC(=O)O)nc2c1. The van der Waals surface area contributed by atoms with Gasteiger partial charge in [0.05, 0.1) is 28.5 Å². The van der Waals surface area contributed by atoms with Crippen LogP contribution >= 0.6 is 11.6 Å². The summed E-state index contributed by atoms with van der Waals surface area (Å²) in [7, 11) is 1.80. The number of carbonyl (C=O) groups excluding carboxylic acids is 1. The second kappa shape index (κ2) is 11.3. The van der Waals surface area contributed by atoms with Crippen molar-refractivity contribution in [1.29, 1.82) is 0 Å². The summed E-state index contributed by atoms with van der Waals surface area (Å²) < 4.78 is 0. The second-order valence-corrected chi connectivity index (χ2v) is 9.27.